The van der Waals surface area contributed by atoms with Crippen molar-refractivity contribution in [3.63, 3.8) is 0 Å². The van der Waals surface area contributed by atoms with Crippen molar-refractivity contribution in [2.75, 3.05) is 20.2 Å². The van der Waals surface area contributed by atoms with Gasteiger partial charge in [-0.15, -0.1) is 0 Å². The maximum atomic E-state index is 14.5. The zero-order valence-corrected chi connectivity index (χ0v) is 26.9. The van der Waals surface area contributed by atoms with Crippen molar-refractivity contribution < 1.29 is 23.2 Å². The van der Waals surface area contributed by atoms with Crippen LogP contribution in [0.2, 0.25) is 0 Å². The summed E-state index contributed by atoms with van der Waals surface area (Å²) in [6, 6.07) is 31.7. The van der Waals surface area contributed by atoms with E-state index in [0.717, 1.165) is 56.4 Å². The Morgan fingerprint density at radius 1 is 0.617 bits per heavy atom. The molecule has 240 valence electrons. The molecule has 0 spiro atoms. The predicted octanol–water partition coefficient (Wildman–Crippen LogP) is 7.24. The number of furan rings is 2. The lowest BCUT2D eigenvalue weighted by atomic mass is 9.74. The van der Waals surface area contributed by atoms with Crippen molar-refractivity contribution in [2.24, 2.45) is 5.41 Å². The Morgan fingerprint density at radius 3 is 1.53 bits per heavy atom. The average Bonchev–Trinajstić information content (AvgIpc) is 3.77. The minimum Gasteiger partial charge on any atom is -0.497 e. The van der Waals surface area contributed by atoms with E-state index in [1.165, 1.54) is 5.56 Å². The lowest BCUT2D eigenvalue weighted by Gasteiger charge is -2.32. The largest absolute Gasteiger partial charge is 0.497 e. The van der Waals surface area contributed by atoms with E-state index in [0.29, 0.717) is 25.9 Å². The van der Waals surface area contributed by atoms with Crippen LogP contribution in [0.25, 0.3) is 21.9 Å². The number of fused-ring (bicyclic) bond motifs is 2. The van der Waals surface area contributed by atoms with Crippen molar-refractivity contribution in [1.29, 1.82) is 0 Å². The van der Waals surface area contributed by atoms with Crippen molar-refractivity contribution in [1.82, 2.24) is 10.6 Å². The Morgan fingerprint density at radius 2 is 1.06 bits per heavy atom. The molecule has 0 saturated heterocycles. The first-order valence-electron chi connectivity index (χ1n) is 16.2. The van der Waals surface area contributed by atoms with Crippen LogP contribution >= 0.6 is 0 Å². The van der Waals surface area contributed by atoms with Crippen molar-refractivity contribution in [3.05, 3.63) is 137 Å². The number of benzene rings is 4. The zero-order chi connectivity index (χ0) is 32.6. The number of carbonyl (C=O) groups is 2. The van der Waals surface area contributed by atoms with Gasteiger partial charge >= 0.3 is 0 Å². The summed E-state index contributed by atoms with van der Waals surface area (Å²) in [7, 11) is 1.64. The molecule has 0 unspecified atom stereocenters. The fourth-order valence-electron chi connectivity index (χ4n) is 6.15. The number of hydrogen-bond donors (Lipinski definition) is 2. The van der Waals surface area contributed by atoms with Crippen LogP contribution in [0.1, 0.15) is 34.7 Å². The maximum Gasteiger partial charge on any atom is 0.236 e. The van der Waals surface area contributed by atoms with Crippen LogP contribution in [0.15, 0.2) is 118 Å². The summed E-state index contributed by atoms with van der Waals surface area (Å²) in [5.41, 5.74) is 5.30. The van der Waals surface area contributed by atoms with Crippen LogP contribution in [-0.2, 0) is 41.7 Å². The summed E-state index contributed by atoms with van der Waals surface area (Å²) in [4.78, 5) is 29.0. The standard InChI is InChI=1S/C40H40N2O5/c1-3-28-4-6-29(7-5-28)16-20-41-38(43)40(26-31-10-14-36-33(24-31)18-22-46-36,27-32-11-15-37-34(25-32)19-23-47-37)39(44)42-21-17-30-8-12-35(45-2)13-9-30/h4-15,18-19,22-25H,3,16-17,20-21,26-27H2,1-2H3,(H,41,43)(H,42,44). The monoisotopic (exact) mass is 628 g/mol. The second-order valence-electron chi connectivity index (χ2n) is 12.1. The normalized spacial score (nSPS) is 11.5. The van der Waals surface area contributed by atoms with Crippen LogP contribution in [0.3, 0.4) is 0 Å². The smallest absolute Gasteiger partial charge is 0.236 e. The van der Waals surface area contributed by atoms with Gasteiger partial charge < -0.3 is 24.2 Å². The topological polar surface area (TPSA) is 93.7 Å². The molecule has 0 aliphatic carbocycles. The summed E-state index contributed by atoms with van der Waals surface area (Å²) < 4.78 is 16.4. The van der Waals surface area contributed by atoms with Gasteiger partial charge in [0, 0.05) is 23.9 Å². The van der Waals surface area contributed by atoms with E-state index in [-0.39, 0.29) is 24.7 Å². The molecule has 2 N–H and O–H groups in total. The van der Waals surface area contributed by atoms with Gasteiger partial charge in [-0.2, -0.15) is 0 Å². The second kappa shape index (κ2) is 14.4. The van der Waals surface area contributed by atoms with E-state index in [4.69, 9.17) is 13.6 Å². The fraction of sp³-hybridized carbons (Fsp3) is 0.250. The molecule has 0 aliphatic heterocycles. The summed E-state index contributed by atoms with van der Waals surface area (Å²) in [5, 5.41) is 8.14. The Labute approximate surface area is 274 Å². The first-order chi connectivity index (χ1) is 23.0. The fourth-order valence-corrected chi connectivity index (χ4v) is 6.15. The number of amides is 2. The predicted molar refractivity (Wildman–Crippen MR) is 185 cm³/mol. The molecule has 2 heterocycles. The molecule has 2 aromatic heterocycles. The number of carbonyl (C=O) groups excluding carboxylic acids is 2. The van der Waals surface area contributed by atoms with Crippen molar-refractivity contribution >= 4 is 33.8 Å². The molecular weight excluding hydrogens is 588 g/mol. The minimum atomic E-state index is -1.43. The van der Waals surface area contributed by atoms with E-state index < -0.39 is 5.41 Å². The molecule has 0 radical (unpaired) electrons. The Hall–Kier alpha value is -5.30. The van der Waals surface area contributed by atoms with Gasteiger partial charge in [-0.1, -0.05) is 55.5 Å². The molecule has 0 atom stereocenters. The van der Waals surface area contributed by atoms with Crippen LogP contribution in [0.5, 0.6) is 5.75 Å². The molecule has 0 fully saturated rings. The van der Waals surface area contributed by atoms with Crippen LogP contribution in [-0.4, -0.2) is 32.0 Å². The van der Waals surface area contributed by atoms with E-state index in [2.05, 4.69) is 41.8 Å². The molecule has 0 saturated carbocycles. The third-order valence-corrected chi connectivity index (χ3v) is 8.90. The summed E-state index contributed by atoms with van der Waals surface area (Å²) in [6.07, 6.45) is 5.96. The lowest BCUT2D eigenvalue weighted by molar-refractivity contribution is -0.143. The van der Waals surface area contributed by atoms with Gasteiger partial charge in [0.2, 0.25) is 11.8 Å². The first kappa shape index (κ1) is 31.7. The molecule has 6 aromatic rings. The molecule has 47 heavy (non-hydrogen) atoms. The highest BCUT2D eigenvalue weighted by atomic mass is 16.5. The molecule has 4 aromatic carbocycles. The Balaban J connectivity index is 1.30. The minimum absolute atomic E-state index is 0.211. The van der Waals surface area contributed by atoms with E-state index in [1.807, 2.05) is 72.8 Å². The van der Waals surface area contributed by atoms with E-state index in [1.54, 1.807) is 19.6 Å². The van der Waals surface area contributed by atoms with E-state index in [9.17, 15) is 9.59 Å². The zero-order valence-electron chi connectivity index (χ0n) is 26.9. The number of hydrogen-bond acceptors (Lipinski definition) is 5. The summed E-state index contributed by atoms with van der Waals surface area (Å²) in [5.74, 6) is 0.165. The number of aryl methyl sites for hydroxylation is 1. The van der Waals surface area contributed by atoms with Gasteiger partial charge in [-0.25, -0.2) is 0 Å². The van der Waals surface area contributed by atoms with Crippen LogP contribution in [0.4, 0.5) is 0 Å². The quantitative estimate of drug-likeness (QED) is 0.124. The van der Waals surface area contributed by atoms with Gasteiger partial charge in [0.25, 0.3) is 0 Å². The SMILES string of the molecule is CCc1ccc(CCNC(=O)C(Cc2ccc3occc3c2)(Cc2ccc3occc3c2)C(=O)NCCc2ccc(OC)cc2)cc1. The lowest BCUT2D eigenvalue weighted by Crippen LogP contribution is -2.54. The number of nitrogens with one attached hydrogen (secondary N) is 2. The highest BCUT2D eigenvalue weighted by Crippen LogP contribution is 2.32. The molecular formula is C40H40N2O5. The highest BCUT2D eigenvalue weighted by Gasteiger charge is 2.46. The number of methoxy groups -OCH3 is 1. The van der Waals surface area contributed by atoms with Gasteiger partial charge in [-0.3, -0.25) is 9.59 Å². The number of ether oxygens (including phenoxy) is 1. The maximum absolute atomic E-state index is 14.5. The molecule has 0 bridgehead atoms. The van der Waals surface area contributed by atoms with E-state index >= 15 is 0 Å². The first-order valence-corrected chi connectivity index (χ1v) is 16.2. The van der Waals surface area contributed by atoms with Crippen molar-refractivity contribution in [3.8, 4) is 5.75 Å². The average molecular weight is 629 g/mol. The summed E-state index contributed by atoms with van der Waals surface area (Å²) >= 11 is 0. The third kappa shape index (κ3) is 7.41. The number of rotatable bonds is 14. The highest BCUT2D eigenvalue weighted by molar-refractivity contribution is 6.06. The molecule has 7 nitrogen and oxygen atoms in total. The molecule has 7 heteroatoms. The second-order valence-corrected chi connectivity index (χ2v) is 12.1. The van der Waals surface area contributed by atoms with Gasteiger partial charge in [0.05, 0.1) is 19.6 Å². The van der Waals surface area contributed by atoms with Gasteiger partial charge in [-0.05, 0) is 108 Å². The van der Waals surface area contributed by atoms with Gasteiger partial charge in [0.1, 0.15) is 22.3 Å². The molecule has 0 aliphatic rings. The van der Waals surface area contributed by atoms with Crippen LogP contribution in [0, 0.1) is 5.41 Å². The third-order valence-electron chi connectivity index (χ3n) is 8.90. The Bertz CT molecular complexity index is 1810. The molecule has 2 amide bonds. The Kier molecular flexibility index (Phi) is 9.72. The summed E-state index contributed by atoms with van der Waals surface area (Å²) in [6.45, 7) is 2.92. The molecule has 6 rings (SSSR count). The van der Waals surface area contributed by atoms with Gasteiger partial charge in [0.15, 0.2) is 0 Å². The van der Waals surface area contributed by atoms with Crippen LogP contribution < -0.4 is 15.4 Å². The van der Waals surface area contributed by atoms with Crippen molar-refractivity contribution in [2.45, 2.75) is 39.0 Å².